The summed E-state index contributed by atoms with van der Waals surface area (Å²) >= 11 is 0. The molecule has 2 atom stereocenters. The number of carbonyl (C=O) groups is 3. The van der Waals surface area contributed by atoms with Gasteiger partial charge < -0.3 is 30.5 Å². The van der Waals surface area contributed by atoms with Gasteiger partial charge in [0.25, 0.3) is 0 Å². The number of amides is 2. The van der Waals surface area contributed by atoms with Gasteiger partial charge in [-0.3, -0.25) is 4.79 Å². The topological polar surface area (TPSA) is 128 Å². The van der Waals surface area contributed by atoms with Crippen LogP contribution in [0.5, 0.6) is 0 Å². The van der Waals surface area contributed by atoms with Crippen LogP contribution in [0.4, 0.5) is 4.79 Å². The molecule has 9 nitrogen and oxygen atoms in total. The van der Waals surface area contributed by atoms with E-state index >= 15 is 0 Å². The van der Waals surface area contributed by atoms with Crippen LogP contribution >= 0.6 is 0 Å². The number of carbonyl (C=O) groups excluding carboxylic acids is 1. The van der Waals surface area contributed by atoms with Gasteiger partial charge in [-0.2, -0.15) is 0 Å². The van der Waals surface area contributed by atoms with E-state index in [0.29, 0.717) is 13.2 Å². The molecule has 1 aliphatic rings. The number of ether oxygens (including phenoxy) is 1. The van der Waals surface area contributed by atoms with E-state index in [1.807, 2.05) is 7.05 Å². The van der Waals surface area contributed by atoms with Crippen molar-refractivity contribution in [3.05, 3.63) is 0 Å². The number of urea groups is 1. The van der Waals surface area contributed by atoms with Crippen molar-refractivity contribution in [1.82, 2.24) is 15.5 Å². The highest BCUT2D eigenvalue weighted by Crippen LogP contribution is 2.02. The molecular formula is C12H21N3O6. The predicted molar refractivity (Wildman–Crippen MR) is 72.1 cm³/mol. The largest absolute Gasteiger partial charge is 0.481 e. The smallest absolute Gasteiger partial charge is 0.326 e. The van der Waals surface area contributed by atoms with Crippen LogP contribution in [0.3, 0.4) is 0 Å². The molecule has 4 N–H and O–H groups in total. The van der Waals surface area contributed by atoms with Crippen molar-refractivity contribution in [3.8, 4) is 0 Å². The Bertz CT molecular complexity index is 389. The SMILES string of the molecule is CN1CCOC(CNC(=O)N[C@@H](CCC(=O)O)C(=O)O)C1. The van der Waals surface area contributed by atoms with Crippen LogP contribution < -0.4 is 10.6 Å². The number of carboxylic acid groups (broad SMARTS) is 2. The van der Waals surface area contributed by atoms with Crippen molar-refractivity contribution in [2.45, 2.75) is 25.0 Å². The molecule has 1 unspecified atom stereocenters. The first-order valence-corrected chi connectivity index (χ1v) is 6.67. The first kappa shape index (κ1) is 17.2. The minimum atomic E-state index is -1.26. The molecule has 0 spiro atoms. The molecule has 0 aromatic heterocycles. The highest BCUT2D eigenvalue weighted by Gasteiger charge is 2.22. The lowest BCUT2D eigenvalue weighted by Crippen LogP contribution is -2.50. The number of hydrogen-bond donors (Lipinski definition) is 4. The number of hydrogen-bond acceptors (Lipinski definition) is 5. The maximum Gasteiger partial charge on any atom is 0.326 e. The van der Waals surface area contributed by atoms with Gasteiger partial charge in [0.1, 0.15) is 6.04 Å². The molecule has 1 rings (SSSR count). The highest BCUT2D eigenvalue weighted by molar-refractivity contribution is 5.83. The second-order valence-corrected chi connectivity index (χ2v) is 4.93. The van der Waals surface area contributed by atoms with Crippen LogP contribution in [0, 0.1) is 0 Å². The molecule has 0 saturated carbocycles. The zero-order valence-electron chi connectivity index (χ0n) is 11.9. The van der Waals surface area contributed by atoms with Gasteiger partial charge in [-0.15, -0.1) is 0 Å². The Morgan fingerprint density at radius 3 is 2.67 bits per heavy atom. The first-order valence-electron chi connectivity index (χ1n) is 6.67. The zero-order chi connectivity index (χ0) is 15.8. The molecule has 9 heteroatoms. The summed E-state index contributed by atoms with van der Waals surface area (Å²) < 4.78 is 5.45. The van der Waals surface area contributed by atoms with Crippen molar-refractivity contribution >= 4 is 18.0 Å². The number of nitrogens with zero attached hydrogens (tertiary/aromatic N) is 1. The van der Waals surface area contributed by atoms with Crippen LogP contribution in [-0.4, -0.2) is 78.5 Å². The Morgan fingerprint density at radius 2 is 2.10 bits per heavy atom. The summed E-state index contributed by atoms with van der Waals surface area (Å²) in [4.78, 5) is 35.1. The molecule has 120 valence electrons. The average molecular weight is 303 g/mol. The number of carboxylic acids is 2. The van der Waals surface area contributed by atoms with Crippen molar-refractivity contribution in [3.63, 3.8) is 0 Å². The summed E-state index contributed by atoms with van der Waals surface area (Å²) in [6.07, 6.45) is -0.633. The van der Waals surface area contributed by atoms with Gasteiger partial charge >= 0.3 is 18.0 Å². The minimum Gasteiger partial charge on any atom is -0.481 e. The number of morpholine rings is 1. The summed E-state index contributed by atoms with van der Waals surface area (Å²) in [7, 11) is 1.95. The van der Waals surface area contributed by atoms with Gasteiger partial charge in [0, 0.05) is 26.1 Å². The molecule has 21 heavy (non-hydrogen) atoms. The Kier molecular flexibility index (Phi) is 6.89. The first-order chi connectivity index (χ1) is 9.88. The molecule has 0 bridgehead atoms. The van der Waals surface area contributed by atoms with E-state index < -0.39 is 24.0 Å². The standard InChI is InChI=1S/C12H21N3O6/c1-15-4-5-21-8(7-15)6-13-12(20)14-9(11(18)19)2-3-10(16)17/h8-9H,2-7H2,1H3,(H,16,17)(H,18,19)(H2,13,14,20)/t8?,9-/m0/s1. The van der Waals surface area contributed by atoms with Crippen molar-refractivity contribution in [2.75, 3.05) is 33.3 Å². The third-order valence-electron chi connectivity index (χ3n) is 3.08. The zero-order valence-corrected chi connectivity index (χ0v) is 11.9. The normalized spacial score (nSPS) is 20.5. The van der Waals surface area contributed by atoms with Crippen molar-refractivity contribution in [1.29, 1.82) is 0 Å². The van der Waals surface area contributed by atoms with Gasteiger partial charge in [0.05, 0.1) is 12.7 Å². The van der Waals surface area contributed by atoms with Gasteiger partial charge in [0.2, 0.25) is 0 Å². The third kappa shape index (κ3) is 6.91. The van der Waals surface area contributed by atoms with Crippen LogP contribution in [0.15, 0.2) is 0 Å². The van der Waals surface area contributed by atoms with Gasteiger partial charge in [0.15, 0.2) is 0 Å². The number of rotatable bonds is 7. The molecule has 1 saturated heterocycles. The monoisotopic (exact) mass is 303 g/mol. The lowest BCUT2D eigenvalue weighted by molar-refractivity contribution is -0.140. The second-order valence-electron chi connectivity index (χ2n) is 4.93. The summed E-state index contributed by atoms with van der Waals surface area (Å²) in [6.45, 7) is 2.36. The van der Waals surface area contributed by atoms with Gasteiger partial charge in [-0.1, -0.05) is 0 Å². The summed E-state index contributed by atoms with van der Waals surface area (Å²) in [6, 6.07) is -1.87. The van der Waals surface area contributed by atoms with Crippen LogP contribution in [0.25, 0.3) is 0 Å². The van der Waals surface area contributed by atoms with E-state index in [1.165, 1.54) is 0 Å². The maximum absolute atomic E-state index is 11.6. The van der Waals surface area contributed by atoms with E-state index in [9.17, 15) is 14.4 Å². The second kappa shape index (κ2) is 8.42. The fourth-order valence-corrected chi connectivity index (χ4v) is 1.93. The van der Waals surface area contributed by atoms with E-state index in [-0.39, 0.29) is 25.5 Å². The molecule has 0 radical (unpaired) electrons. The Labute approximate surface area is 122 Å². The van der Waals surface area contributed by atoms with E-state index in [0.717, 1.165) is 6.54 Å². The molecule has 1 aliphatic heterocycles. The van der Waals surface area contributed by atoms with E-state index in [4.69, 9.17) is 14.9 Å². The van der Waals surface area contributed by atoms with Crippen molar-refractivity contribution in [2.24, 2.45) is 0 Å². The van der Waals surface area contributed by atoms with Crippen molar-refractivity contribution < 1.29 is 29.3 Å². The summed E-state index contributed by atoms with van der Waals surface area (Å²) in [5, 5.41) is 22.2. The minimum absolute atomic E-state index is 0.142. The van der Waals surface area contributed by atoms with Gasteiger partial charge in [-0.05, 0) is 13.5 Å². The molecule has 1 heterocycles. The number of nitrogens with one attached hydrogen (secondary N) is 2. The Morgan fingerprint density at radius 1 is 1.38 bits per heavy atom. The molecule has 1 fully saturated rings. The fourth-order valence-electron chi connectivity index (χ4n) is 1.93. The summed E-state index contributed by atoms with van der Waals surface area (Å²) in [5.74, 6) is -2.37. The lowest BCUT2D eigenvalue weighted by Gasteiger charge is -2.30. The lowest BCUT2D eigenvalue weighted by atomic mass is 10.1. The number of likely N-dealkylation sites (N-methyl/N-ethyl adjacent to an activating group) is 1. The van der Waals surface area contributed by atoms with Crippen LogP contribution in [0.1, 0.15) is 12.8 Å². The van der Waals surface area contributed by atoms with E-state index in [1.54, 1.807) is 0 Å². The molecule has 0 aromatic rings. The molecule has 0 aromatic carbocycles. The molecule has 2 amide bonds. The maximum atomic E-state index is 11.6. The predicted octanol–water partition coefficient (Wildman–Crippen LogP) is -1.07. The summed E-state index contributed by atoms with van der Waals surface area (Å²) in [5.41, 5.74) is 0. The van der Waals surface area contributed by atoms with Gasteiger partial charge in [-0.25, -0.2) is 9.59 Å². The fraction of sp³-hybridized carbons (Fsp3) is 0.750. The third-order valence-corrected chi connectivity index (χ3v) is 3.08. The Balaban J connectivity index is 2.32. The Hall–Kier alpha value is -1.87. The average Bonchev–Trinajstić information content (AvgIpc) is 2.40. The van der Waals surface area contributed by atoms with E-state index in [2.05, 4.69) is 15.5 Å². The number of aliphatic carboxylic acids is 2. The van der Waals surface area contributed by atoms with Crippen LogP contribution in [-0.2, 0) is 14.3 Å². The quantitative estimate of drug-likeness (QED) is 0.471. The molecular weight excluding hydrogens is 282 g/mol. The highest BCUT2D eigenvalue weighted by atomic mass is 16.5. The molecule has 0 aliphatic carbocycles. The van der Waals surface area contributed by atoms with Crippen LogP contribution in [0.2, 0.25) is 0 Å².